The van der Waals surface area contributed by atoms with E-state index >= 15 is 0 Å². The lowest BCUT2D eigenvalue weighted by Crippen LogP contribution is -2.46. The van der Waals surface area contributed by atoms with Crippen molar-refractivity contribution >= 4 is 5.91 Å². The Morgan fingerprint density at radius 3 is 2.20 bits per heavy atom. The first-order valence-electron chi connectivity index (χ1n) is 9.92. The second-order valence-electron chi connectivity index (χ2n) is 6.85. The van der Waals surface area contributed by atoms with E-state index in [0.29, 0.717) is 53.9 Å². The molecule has 8 nitrogen and oxygen atoms in total. The van der Waals surface area contributed by atoms with Gasteiger partial charge >= 0.3 is 0 Å². The van der Waals surface area contributed by atoms with Crippen LogP contribution in [0.5, 0.6) is 28.7 Å². The first-order chi connectivity index (χ1) is 14.6. The second-order valence-corrected chi connectivity index (χ2v) is 6.85. The van der Waals surface area contributed by atoms with Crippen LogP contribution in [0.15, 0.2) is 30.3 Å². The Balaban J connectivity index is 2.01. The number of piperazine rings is 1. The van der Waals surface area contributed by atoms with Gasteiger partial charge in [-0.2, -0.15) is 0 Å². The minimum Gasteiger partial charge on any atom is -0.492 e. The molecule has 1 amide bonds. The van der Waals surface area contributed by atoms with Crippen LogP contribution in [-0.2, 0) is 6.42 Å². The lowest BCUT2D eigenvalue weighted by atomic mass is 10.1. The predicted molar refractivity (Wildman–Crippen MR) is 114 cm³/mol. The molecular formula is C22H29N3O5. The molecule has 3 rings (SSSR count). The zero-order valence-electron chi connectivity index (χ0n) is 17.7. The average molecular weight is 415 g/mol. The molecule has 1 aliphatic rings. The van der Waals surface area contributed by atoms with E-state index in [0.717, 1.165) is 25.1 Å². The SMILES string of the molecule is COc1c(Oc2ccc(CCN)cc2)cc(C(=O)N2CCNCC2)c(OC)c1OC. The van der Waals surface area contributed by atoms with Crippen molar-refractivity contribution in [2.24, 2.45) is 5.73 Å². The molecule has 0 atom stereocenters. The monoisotopic (exact) mass is 415 g/mol. The first kappa shape index (κ1) is 21.7. The number of benzene rings is 2. The van der Waals surface area contributed by atoms with E-state index in [2.05, 4.69) is 5.32 Å². The maximum absolute atomic E-state index is 13.2. The van der Waals surface area contributed by atoms with Gasteiger partial charge in [0.25, 0.3) is 5.91 Å². The third-order valence-electron chi connectivity index (χ3n) is 4.99. The van der Waals surface area contributed by atoms with Crippen molar-refractivity contribution in [1.82, 2.24) is 10.2 Å². The van der Waals surface area contributed by atoms with Gasteiger partial charge in [-0.15, -0.1) is 0 Å². The molecule has 0 aliphatic carbocycles. The number of nitrogens with zero attached hydrogens (tertiary/aromatic N) is 1. The Bertz CT molecular complexity index is 864. The van der Waals surface area contributed by atoms with Crippen molar-refractivity contribution in [1.29, 1.82) is 0 Å². The summed E-state index contributed by atoms with van der Waals surface area (Å²) in [5.74, 6) is 1.84. The molecule has 162 valence electrons. The molecule has 0 spiro atoms. The minimum absolute atomic E-state index is 0.141. The first-order valence-corrected chi connectivity index (χ1v) is 9.92. The van der Waals surface area contributed by atoms with Gasteiger partial charge in [-0.1, -0.05) is 12.1 Å². The Hall–Kier alpha value is -2.97. The molecule has 3 N–H and O–H groups in total. The maximum atomic E-state index is 13.2. The van der Waals surface area contributed by atoms with Crippen LogP contribution in [0.3, 0.4) is 0 Å². The van der Waals surface area contributed by atoms with Crippen molar-refractivity contribution in [3.63, 3.8) is 0 Å². The molecule has 0 unspecified atom stereocenters. The number of rotatable bonds is 8. The topological polar surface area (TPSA) is 95.3 Å². The molecule has 0 aromatic heterocycles. The highest BCUT2D eigenvalue weighted by Crippen LogP contribution is 2.48. The Morgan fingerprint density at radius 1 is 1.00 bits per heavy atom. The summed E-state index contributed by atoms with van der Waals surface area (Å²) in [4.78, 5) is 15.0. The highest BCUT2D eigenvalue weighted by Gasteiger charge is 2.29. The Labute approximate surface area is 176 Å². The number of hydrogen-bond acceptors (Lipinski definition) is 7. The molecule has 2 aromatic carbocycles. The van der Waals surface area contributed by atoms with Crippen LogP contribution in [-0.4, -0.2) is 64.9 Å². The molecular weight excluding hydrogens is 386 g/mol. The van der Waals surface area contributed by atoms with E-state index in [1.54, 1.807) is 11.0 Å². The van der Waals surface area contributed by atoms with Crippen molar-refractivity contribution in [3.8, 4) is 28.7 Å². The van der Waals surface area contributed by atoms with Gasteiger partial charge in [0.15, 0.2) is 11.5 Å². The minimum atomic E-state index is -0.141. The Kier molecular flexibility index (Phi) is 7.37. The maximum Gasteiger partial charge on any atom is 0.258 e. The molecule has 8 heteroatoms. The zero-order chi connectivity index (χ0) is 21.5. The normalized spacial score (nSPS) is 13.7. The molecule has 0 bridgehead atoms. The highest BCUT2D eigenvalue weighted by molar-refractivity contribution is 5.99. The number of ether oxygens (including phenoxy) is 4. The van der Waals surface area contributed by atoms with E-state index in [1.807, 2.05) is 24.3 Å². The number of methoxy groups -OCH3 is 3. The third kappa shape index (κ3) is 4.60. The quantitative estimate of drug-likeness (QED) is 0.681. The molecule has 1 fully saturated rings. The van der Waals surface area contributed by atoms with E-state index in [1.165, 1.54) is 21.3 Å². The average Bonchev–Trinajstić information content (AvgIpc) is 2.79. The van der Waals surface area contributed by atoms with Gasteiger partial charge < -0.3 is 34.9 Å². The smallest absolute Gasteiger partial charge is 0.258 e. The summed E-state index contributed by atoms with van der Waals surface area (Å²) in [6, 6.07) is 9.29. The van der Waals surface area contributed by atoms with Gasteiger partial charge in [-0.3, -0.25) is 4.79 Å². The third-order valence-corrected chi connectivity index (χ3v) is 4.99. The molecule has 0 radical (unpaired) electrons. The molecule has 1 aliphatic heterocycles. The van der Waals surface area contributed by atoms with Crippen LogP contribution in [0.4, 0.5) is 0 Å². The summed E-state index contributed by atoms with van der Waals surface area (Å²) in [7, 11) is 4.53. The summed E-state index contributed by atoms with van der Waals surface area (Å²) < 4.78 is 22.7. The van der Waals surface area contributed by atoms with Gasteiger partial charge in [0.2, 0.25) is 11.5 Å². The van der Waals surface area contributed by atoms with Crippen LogP contribution in [0, 0.1) is 0 Å². The lowest BCUT2D eigenvalue weighted by molar-refractivity contribution is 0.0731. The van der Waals surface area contributed by atoms with Crippen molar-refractivity contribution in [2.45, 2.75) is 6.42 Å². The summed E-state index contributed by atoms with van der Waals surface area (Å²) in [5, 5.41) is 3.25. The zero-order valence-corrected chi connectivity index (χ0v) is 17.7. The largest absolute Gasteiger partial charge is 0.492 e. The summed E-state index contributed by atoms with van der Waals surface area (Å²) in [5.41, 5.74) is 7.10. The number of hydrogen-bond donors (Lipinski definition) is 2. The van der Waals surface area contributed by atoms with Gasteiger partial charge in [0, 0.05) is 32.2 Å². The van der Waals surface area contributed by atoms with Crippen LogP contribution >= 0.6 is 0 Å². The second kappa shape index (κ2) is 10.2. The van der Waals surface area contributed by atoms with E-state index in [4.69, 9.17) is 24.7 Å². The molecule has 1 heterocycles. The van der Waals surface area contributed by atoms with Crippen LogP contribution in [0.1, 0.15) is 15.9 Å². The molecule has 2 aromatic rings. The highest BCUT2D eigenvalue weighted by atomic mass is 16.5. The van der Waals surface area contributed by atoms with Gasteiger partial charge in [0.05, 0.1) is 26.9 Å². The van der Waals surface area contributed by atoms with Crippen LogP contribution in [0.25, 0.3) is 0 Å². The van der Waals surface area contributed by atoms with E-state index < -0.39 is 0 Å². The van der Waals surface area contributed by atoms with Crippen molar-refractivity contribution in [3.05, 3.63) is 41.5 Å². The summed E-state index contributed by atoms with van der Waals surface area (Å²) in [6.45, 7) is 3.32. The summed E-state index contributed by atoms with van der Waals surface area (Å²) in [6.07, 6.45) is 0.795. The van der Waals surface area contributed by atoms with Gasteiger partial charge in [0.1, 0.15) is 5.75 Å². The van der Waals surface area contributed by atoms with Gasteiger partial charge in [-0.05, 0) is 30.7 Å². The molecule has 0 saturated carbocycles. The fourth-order valence-corrected chi connectivity index (χ4v) is 3.47. The number of carbonyl (C=O) groups excluding carboxylic acids is 1. The van der Waals surface area contributed by atoms with Crippen molar-refractivity contribution in [2.75, 3.05) is 54.1 Å². The van der Waals surface area contributed by atoms with E-state index in [9.17, 15) is 4.79 Å². The fourth-order valence-electron chi connectivity index (χ4n) is 3.47. The molecule has 1 saturated heterocycles. The van der Waals surface area contributed by atoms with Crippen LogP contribution in [0.2, 0.25) is 0 Å². The fraction of sp³-hybridized carbons (Fsp3) is 0.409. The Morgan fingerprint density at radius 2 is 1.63 bits per heavy atom. The lowest BCUT2D eigenvalue weighted by Gasteiger charge is -2.28. The number of nitrogens with two attached hydrogens (primary N) is 1. The van der Waals surface area contributed by atoms with Crippen molar-refractivity contribution < 1.29 is 23.7 Å². The summed E-state index contributed by atoms with van der Waals surface area (Å²) >= 11 is 0. The standard InChI is InChI=1S/C22H29N3O5/c1-27-19-17(22(26)25-12-10-24-11-13-25)14-18(20(28-2)21(19)29-3)30-16-6-4-15(5-7-16)8-9-23/h4-7,14,24H,8-13,23H2,1-3H3. The van der Waals surface area contributed by atoms with E-state index in [-0.39, 0.29) is 5.91 Å². The van der Waals surface area contributed by atoms with Gasteiger partial charge in [-0.25, -0.2) is 0 Å². The number of amides is 1. The predicted octanol–water partition coefficient (Wildman–Crippen LogP) is 2.05. The number of carbonyl (C=O) groups is 1. The number of nitrogens with one attached hydrogen (secondary N) is 1. The molecule has 30 heavy (non-hydrogen) atoms. The van der Waals surface area contributed by atoms with Crippen LogP contribution < -0.4 is 30.0 Å².